The molecule has 0 aromatic carbocycles. The van der Waals surface area contributed by atoms with Gasteiger partial charge in [0.05, 0.1) is 24.4 Å². The predicted molar refractivity (Wildman–Crippen MR) is 257 cm³/mol. The Balaban J connectivity index is 1.75. The lowest BCUT2D eigenvalue weighted by molar-refractivity contribution is -0.198. The number of piperidine rings is 1. The number of hydrogen-bond donors (Lipinski definition) is 3. The van der Waals surface area contributed by atoms with Crippen LogP contribution in [0.5, 0.6) is 0 Å². The number of methoxy groups -OCH3 is 3. The standard InChI is InChI=1S/C53H82N2O13/c1-31-17-13-12-14-18-32(2)44(64-9)29-40-22-20-37(7)53(68-40,54-38(8)56)50(61)51(62)55-24-16-15-19-41(55)52(63)67-45(34(4)27-39-21-23-42(57)46(28-39)65-10)30-43(58)33(3)26-36(6)48(60)49(66-11)47(59)35(5)25-31/h12-14,17-18,26,31,33-35,37,39-42,44-46,48-49,57,60H,15-16,19-25,27-30H2,1-11H3,(H,54,56)/b14-12+,17-13+,32-18+,36-26+/t31-,33-,34-,35-,37-,39+,40+,41?,42-,44+,45+,46-,48-,49+,53-/m1/s1. The topological polar surface area (TPSA) is 204 Å². The fraction of sp³-hybridized carbons (Fsp3) is 0.736. The number of esters is 1. The maximum Gasteiger partial charge on any atom is 0.329 e. The van der Waals surface area contributed by atoms with Crippen molar-refractivity contribution in [2.45, 2.75) is 187 Å². The lowest BCUT2D eigenvalue weighted by Crippen LogP contribution is -2.67. The molecule has 0 aromatic rings. The molecule has 3 heterocycles. The van der Waals surface area contributed by atoms with E-state index in [4.69, 9.17) is 23.7 Å². The Morgan fingerprint density at radius 3 is 2.26 bits per heavy atom. The average molecular weight is 955 g/mol. The van der Waals surface area contributed by atoms with Crippen molar-refractivity contribution in [2.75, 3.05) is 27.9 Å². The van der Waals surface area contributed by atoms with E-state index in [1.165, 1.54) is 18.9 Å². The van der Waals surface area contributed by atoms with Gasteiger partial charge in [-0.2, -0.15) is 0 Å². The molecule has 15 heteroatoms. The average Bonchev–Trinajstić information content (AvgIpc) is 3.30. The normalized spacial score (nSPS) is 39.0. The molecule has 2 saturated heterocycles. The summed E-state index contributed by atoms with van der Waals surface area (Å²) in [6, 6.07) is -1.15. The zero-order valence-corrected chi connectivity index (χ0v) is 42.6. The SMILES string of the molecule is CO[C@H]1C[C@@H]2CC[C@@H](C)[C@@](NC(C)=O)(O2)C(=O)C(=O)N2CCCCC2C(=O)O[C@H]([C@H](C)C[C@@H]2CC[C@@H](O)[C@H](OC)C2)CC(=O)[C@H](C)/C=C(\C)[C@@H](O)[C@@H](OC)C(=O)[C@H](C)C[C@H](C)/C=C/C=C/C=C/1C. The summed E-state index contributed by atoms with van der Waals surface area (Å²) in [6.45, 7) is 14.1. The van der Waals surface area contributed by atoms with Crippen molar-refractivity contribution in [1.82, 2.24) is 10.2 Å². The molecular formula is C53H82N2O13. The van der Waals surface area contributed by atoms with Crippen molar-refractivity contribution >= 4 is 35.1 Å². The van der Waals surface area contributed by atoms with Gasteiger partial charge in [0.15, 0.2) is 5.78 Å². The Labute approximate surface area is 404 Å². The lowest BCUT2D eigenvalue weighted by atomic mass is 9.78. The molecule has 0 aromatic heterocycles. The zero-order chi connectivity index (χ0) is 50.5. The Kier molecular flexibility index (Phi) is 22.0. The summed E-state index contributed by atoms with van der Waals surface area (Å²) < 4.78 is 29.9. The summed E-state index contributed by atoms with van der Waals surface area (Å²) in [7, 11) is 4.53. The second-order valence-corrected chi connectivity index (χ2v) is 20.3. The first-order valence-corrected chi connectivity index (χ1v) is 24.9. The number of nitrogens with zero attached hydrogens (tertiary/aromatic N) is 1. The van der Waals surface area contributed by atoms with Crippen LogP contribution in [0.15, 0.2) is 47.6 Å². The molecular weight excluding hydrogens is 873 g/mol. The number of ketones is 3. The number of fused-ring (bicyclic) bond motifs is 3. The molecule has 4 aliphatic rings. The maximum atomic E-state index is 14.8. The number of carbonyl (C=O) groups excluding carboxylic acids is 6. The summed E-state index contributed by atoms with van der Waals surface area (Å²) in [5, 5.41) is 24.7. The highest BCUT2D eigenvalue weighted by molar-refractivity contribution is 6.39. The lowest BCUT2D eigenvalue weighted by Gasteiger charge is -2.46. The van der Waals surface area contributed by atoms with Crippen molar-refractivity contribution in [1.29, 1.82) is 0 Å². The van der Waals surface area contributed by atoms with E-state index in [0.717, 1.165) is 5.57 Å². The van der Waals surface area contributed by atoms with Gasteiger partial charge in [0.25, 0.3) is 11.7 Å². The first-order chi connectivity index (χ1) is 32.2. The summed E-state index contributed by atoms with van der Waals surface area (Å²) in [5.74, 6) is -5.80. The Hall–Kier alpha value is -3.86. The minimum atomic E-state index is -2.01. The van der Waals surface area contributed by atoms with Gasteiger partial charge in [-0.15, -0.1) is 0 Å². The molecule has 4 rings (SSSR count). The molecule has 382 valence electrons. The van der Waals surface area contributed by atoms with Gasteiger partial charge in [-0.1, -0.05) is 71.1 Å². The monoisotopic (exact) mass is 955 g/mol. The number of nitrogens with one attached hydrogen (secondary N) is 1. The predicted octanol–water partition coefficient (Wildman–Crippen LogP) is 6.32. The van der Waals surface area contributed by atoms with Gasteiger partial charge < -0.3 is 44.1 Å². The fourth-order valence-electron chi connectivity index (χ4n) is 10.6. The molecule has 15 atom stereocenters. The van der Waals surface area contributed by atoms with E-state index in [-0.39, 0.29) is 54.8 Å². The van der Waals surface area contributed by atoms with Crippen LogP contribution in [0.4, 0.5) is 0 Å². The molecule has 3 aliphatic heterocycles. The first-order valence-electron chi connectivity index (χ1n) is 24.9. The molecule has 3 N–H and O–H groups in total. The number of cyclic esters (lactones) is 1. The third kappa shape index (κ3) is 14.8. The van der Waals surface area contributed by atoms with Crippen LogP contribution in [0.25, 0.3) is 0 Å². The van der Waals surface area contributed by atoms with Gasteiger partial charge >= 0.3 is 5.97 Å². The first kappa shape index (κ1) is 56.7. The zero-order valence-electron chi connectivity index (χ0n) is 42.6. The molecule has 3 fully saturated rings. The Morgan fingerprint density at radius 2 is 1.60 bits per heavy atom. The Bertz CT molecular complexity index is 1880. The molecule has 1 saturated carbocycles. The van der Waals surface area contributed by atoms with Gasteiger partial charge in [-0.25, -0.2) is 4.79 Å². The van der Waals surface area contributed by atoms with Gasteiger partial charge in [-0.05, 0) is 107 Å². The van der Waals surface area contributed by atoms with Crippen LogP contribution in [-0.4, -0.2) is 133 Å². The molecule has 1 unspecified atom stereocenters. The van der Waals surface area contributed by atoms with E-state index in [0.29, 0.717) is 69.8 Å². The number of amides is 2. The van der Waals surface area contributed by atoms with Crippen molar-refractivity contribution in [2.24, 2.45) is 35.5 Å². The van der Waals surface area contributed by atoms with Crippen LogP contribution < -0.4 is 5.32 Å². The van der Waals surface area contributed by atoms with Crippen LogP contribution >= 0.6 is 0 Å². The van der Waals surface area contributed by atoms with E-state index in [9.17, 15) is 39.0 Å². The van der Waals surface area contributed by atoms with Crippen molar-refractivity contribution in [3.05, 3.63) is 47.6 Å². The number of ether oxygens (including phenoxy) is 5. The van der Waals surface area contributed by atoms with E-state index < -0.39 is 89.7 Å². The van der Waals surface area contributed by atoms with Gasteiger partial charge in [-0.3, -0.25) is 24.0 Å². The van der Waals surface area contributed by atoms with E-state index in [1.807, 2.05) is 58.1 Å². The summed E-state index contributed by atoms with van der Waals surface area (Å²) in [4.78, 5) is 86.0. The molecule has 2 amide bonds. The number of carbonyl (C=O) groups is 6. The van der Waals surface area contributed by atoms with Crippen molar-refractivity contribution < 1.29 is 62.7 Å². The van der Waals surface area contributed by atoms with E-state index >= 15 is 0 Å². The largest absolute Gasteiger partial charge is 0.460 e. The van der Waals surface area contributed by atoms with Crippen LogP contribution in [0, 0.1) is 35.5 Å². The van der Waals surface area contributed by atoms with Crippen molar-refractivity contribution in [3.63, 3.8) is 0 Å². The van der Waals surface area contributed by atoms with Crippen LogP contribution in [0.2, 0.25) is 0 Å². The molecule has 68 heavy (non-hydrogen) atoms. The molecule has 2 bridgehead atoms. The van der Waals surface area contributed by atoms with Crippen LogP contribution in [-0.2, 0) is 52.5 Å². The minimum Gasteiger partial charge on any atom is -0.460 e. The van der Waals surface area contributed by atoms with Gasteiger partial charge in [0.2, 0.25) is 11.6 Å². The highest BCUT2D eigenvalue weighted by Crippen LogP contribution is 2.38. The summed E-state index contributed by atoms with van der Waals surface area (Å²) >= 11 is 0. The third-order valence-corrected chi connectivity index (χ3v) is 14.9. The van der Waals surface area contributed by atoms with E-state index in [1.54, 1.807) is 41.1 Å². The van der Waals surface area contributed by atoms with Crippen molar-refractivity contribution in [3.8, 4) is 0 Å². The number of rotatable bonds is 7. The number of aliphatic hydroxyl groups is 2. The fourth-order valence-corrected chi connectivity index (χ4v) is 10.6. The Morgan fingerprint density at radius 1 is 0.882 bits per heavy atom. The maximum absolute atomic E-state index is 14.8. The quantitative estimate of drug-likeness (QED) is 0.145. The van der Waals surface area contributed by atoms with E-state index in [2.05, 4.69) is 5.32 Å². The second-order valence-electron chi connectivity index (χ2n) is 20.3. The minimum absolute atomic E-state index is 0.0102. The van der Waals surface area contributed by atoms with Crippen LogP contribution in [0.1, 0.15) is 132 Å². The molecule has 1 aliphatic carbocycles. The number of Topliss-reactive ketones (excluding diaryl/α,β-unsaturated/α-hetero) is 3. The molecule has 15 nitrogen and oxygen atoms in total. The highest BCUT2D eigenvalue weighted by atomic mass is 16.6. The number of aliphatic hydroxyl groups excluding tert-OH is 2. The molecule has 0 spiro atoms. The number of allylic oxidation sites excluding steroid dienone is 6. The number of hydrogen-bond acceptors (Lipinski definition) is 13. The van der Waals surface area contributed by atoms with Crippen LogP contribution in [0.3, 0.4) is 0 Å². The highest BCUT2D eigenvalue weighted by Gasteiger charge is 2.55. The smallest absolute Gasteiger partial charge is 0.329 e. The summed E-state index contributed by atoms with van der Waals surface area (Å²) in [5.41, 5.74) is -0.742. The second kappa shape index (κ2) is 26.4. The van der Waals surface area contributed by atoms with Gasteiger partial charge in [0.1, 0.15) is 30.1 Å². The molecule has 0 radical (unpaired) electrons. The summed E-state index contributed by atoms with van der Waals surface area (Å²) in [6.07, 6.45) is 11.2. The third-order valence-electron chi connectivity index (χ3n) is 14.9. The van der Waals surface area contributed by atoms with Gasteiger partial charge in [0, 0.05) is 65.4 Å².